The Bertz CT molecular complexity index is 731. The molecule has 0 aliphatic carbocycles. The average molecular weight is 314 g/mol. The van der Waals surface area contributed by atoms with E-state index in [9.17, 15) is 0 Å². The minimum absolute atomic E-state index is 0.251. The van der Waals surface area contributed by atoms with Crippen LogP contribution in [0.1, 0.15) is 18.2 Å². The Kier molecular flexibility index (Phi) is 5.58. The highest BCUT2D eigenvalue weighted by molar-refractivity contribution is 5.57. The molecule has 7 nitrogen and oxygen atoms in total. The van der Waals surface area contributed by atoms with E-state index in [0.717, 1.165) is 5.56 Å². The van der Waals surface area contributed by atoms with E-state index in [4.69, 9.17) is 19.5 Å². The van der Waals surface area contributed by atoms with Crippen LogP contribution >= 0.6 is 0 Å². The zero-order chi connectivity index (χ0) is 16.7. The Labute approximate surface area is 134 Å². The molecular formula is C16H18N4O3. The number of hydrogen-bond donors (Lipinski definition) is 0. The van der Waals surface area contributed by atoms with Crippen molar-refractivity contribution in [3.8, 4) is 17.6 Å². The smallest absolute Gasteiger partial charge is 0.185 e. The second-order valence-corrected chi connectivity index (χ2v) is 4.54. The second kappa shape index (κ2) is 7.84. The Morgan fingerprint density at radius 3 is 2.74 bits per heavy atom. The van der Waals surface area contributed by atoms with Crippen molar-refractivity contribution in [2.24, 2.45) is 4.99 Å². The number of rotatable bonds is 7. The SMILES string of the molecule is CCOC=Nc1c(C#N)ncn1Cc1ccc(OC)c(OC)c1. The zero-order valence-electron chi connectivity index (χ0n) is 13.3. The van der Waals surface area contributed by atoms with Crippen molar-refractivity contribution in [3.05, 3.63) is 35.8 Å². The Morgan fingerprint density at radius 1 is 1.30 bits per heavy atom. The topological polar surface area (TPSA) is 81.7 Å². The van der Waals surface area contributed by atoms with Crippen molar-refractivity contribution in [2.45, 2.75) is 13.5 Å². The van der Waals surface area contributed by atoms with Crippen LogP contribution < -0.4 is 9.47 Å². The molecule has 0 aliphatic heterocycles. The number of methoxy groups -OCH3 is 2. The summed E-state index contributed by atoms with van der Waals surface area (Å²) in [4.78, 5) is 8.24. The van der Waals surface area contributed by atoms with Gasteiger partial charge in [-0.25, -0.2) is 4.98 Å². The highest BCUT2D eigenvalue weighted by Crippen LogP contribution is 2.28. The van der Waals surface area contributed by atoms with Gasteiger partial charge in [-0.05, 0) is 24.6 Å². The van der Waals surface area contributed by atoms with Crippen LogP contribution in [0.5, 0.6) is 11.5 Å². The summed E-state index contributed by atoms with van der Waals surface area (Å²) in [6.07, 6.45) is 2.90. The molecule has 0 bridgehead atoms. The minimum Gasteiger partial charge on any atom is -0.493 e. The molecule has 120 valence electrons. The first kappa shape index (κ1) is 16.4. The minimum atomic E-state index is 0.251. The van der Waals surface area contributed by atoms with Crippen molar-refractivity contribution in [2.75, 3.05) is 20.8 Å². The van der Waals surface area contributed by atoms with E-state index in [1.54, 1.807) is 25.1 Å². The van der Waals surface area contributed by atoms with Crippen LogP contribution in [0.15, 0.2) is 29.5 Å². The van der Waals surface area contributed by atoms with Gasteiger partial charge >= 0.3 is 0 Å². The van der Waals surface area contributed by atoms with Crippen molar-refractivity contribution < 1.29 is 14.2 Å². The first-order valence-electron chi connectivity index (χ1n) is 7.03. The van der Waals surface area contributed by atoms with E-state index < -0.39 is 0 Å². The fourth-order valence-corrected chi connectivity index (χ4v) is 2.04. The maximum atomic E-state index is 9.13. The highest BCUT2D eigenvalue weighted by atomic mass is 16.5. The summed E-state index contributed by atoms with van der Waals surface area (Å²) in [5.41, 5.74) is 1.22. The van der Waals surface area contributed by atoms with Crippen LogP contribution in [0.25, 0.3) is 0 Å². The third-order valence-corrected chi connectivity index (χ3v) is 3.13. The van der Waals surface area contributed by atoms with Crippen molar-refractivity contribution in [3.63, 3.8) is 0 Å². The number of nitriles is 1. The molecule has 1 aromatic carbocycles. The molecule has 1 heterocycles. The van der Waals surface area contributed by atoms with E-state index in [2.05, 4.69) is 9.98 Å². The lowest BCUT2D eigenvalue weighted by Crippen LogP contribution is -2.00. The molecule has 0 spiro atoms. The van der Waals surface area contributed by atoms with Gasteiger partial charge in [0.25, 0.3) is 0 Å². The first-order chi connectivity index (χ1) is 11.2. The monoisotopic (exact) mass is 314 g/mol. The molecule has 0 N–H and O–H groups in total. The van der Waals surface area contributed by atoms with Crippen LogP contribution in [-0.2, 0) is 11.3 Å². The summed E-state index contributed by atoms with van der Waals surface area (Å²) in [6, 6.07) is 7.65. The summed E-state index contributed by atoms with van der Waals surface area (Å²) in [5.74, 6) is 1.76. The number of nitrogens with zero attached hydrogens (tertiary/aromatic N) is 4. The predicted octanol–water partition coefficient (Wildman–Crippen LogP) is 2.52. The number of aliphatic imine (C=N–C) groups is 1. The van der Waals surface area contributed by atoms with E-state index in [0.29, 0.717) is 30.5 Å². The Morgan fingerprint density at radius 2 is 2.09 bits per heavy atom. The molecular weight excluding hydrogens is 296 g/mol. The van der Waals surface area contributed by atoms with E-state index in [1.165, 1.54) is 6.40 Å². The maximum Gasteiger partial charge on any atom is 0.185 e. The Balaban J connectivity index is 2.30. The lowest BCUT2D eigenvalue weighted by molar-refractivity contribution is 0.343. The third kappa shape index (κ3) is 3.80. The van der Waals surface area contributed by atoms with Gasteiger partial charge in [-0.1, -0.05) is 6.07 Å². The third-order valence-electron chi connectivity index (χ3n) is 3.13. The van der Waals surface area contributed by atoms with Gasteiger partial charge in [-0.3, -0.25) is 0 Å². The van der Waals surface area contributed by atoms with E-state index >= 15 is 0 Å². The average Bonchev–Trinajstić information content (AvgIpc) is 2.96. The van der Waals surface area contributed by atoms with Crippen LogP contribution in [0, 0.1) is 11.3 Å². The van der Waals surface area contributed by atoms with Crippen LogP contribution in [0.2, 0.25) is 0 Å². The zero-order valence-corrected chi connectivity index (χ0v) is 13.3. The summed E-state index contributed by atoms with van der Waals surface area (Å²) in [6.45, 7) is 2.86. The lowest BCUT2D eigenvalue weighted by Gasteiger charge is -2.10. The molecule has 2 rings (SSSR count). The quantitative estimate of drug-likeness (QED) is 0.579. The van der Waals surface area contributed by atoms with Crippen LogP contribution in [0.3, 0.4) is 0 Å². The summed E-state index contributed by atoms with van der Waals surface area (Å²) >= 11 is 0. The molecule has 0 atom stereocenters. The maximum absolute atomic E-state index is 9.13. The van der Waals surface area contributed by atoms with Gasteiger partial charge in [-0.15, -0.1) is 0 Å². The molecule has 0 saturated carbocycles. The van der Waals surface area contributed by atoms with Gasteiger partial charge in [0.1, 0.15) is 6.07 Å². The summed E-state index contributed by atoms with van der Waals surface area (Å²) < 4.78 is 17.4. The van der Waals surface area contributed by atoms with E-state index in [1.807, 2.05) is 31.2 Å². The number of aromatic nitrogens is 2. The number of benzene rings is 1. The molecule has 23 heavy (non-hydrogen) atoms. The van der Waals surface area contributed by atoms with Gasteiger partial charge in [0.2, 0.25) is 0 Å². The molecule has 0 unspecified atom stereocenters. The largest absolute Gasteiger partial charge is 0.493 e. The predicted molar refractivity (Wildman–Crippen MR) is 85.4 cm³/mol. The van der Waals surface area contributed by atoms with Gasteiger partial charge in [0.05, 0.1) is 33.7 Å². The Hall–Kier alpha value is -3.01. The van der Waals surface area contributed by atoms with Crippen molar-refractivity contribution >= 4 is 12.2 Å². The standard InChI is InChI=1S/C16H18N4O3/c1-4-23-11-19-16-13(8-17)18-10-20(16)9-12-5-6-14(21-2)15(7-12)22-3/h5-7,10-11H,4,9H2,1-3H3. The second-order valence-electron chi connectivity index (χ2n) is 4.54. The number of ether oxygens (including phenoxy) is 3. The summed E-state index contributed by atoms with van der Waals surface area (Å²) in [7, 11) is 3.18. The molecule has 0 saturated heterocycles. The fraction of sp³-hybridized carbons (Fsp3) is 0.312. The number of imidazole rings is 1. The van der Waals surface area contributed by atoms with Gasteiger partial charge in [-0.2, -0.15) is 10.3 Å². The lowest BCUT2D eigenvalue weighted by atomic mass is 10.2. The number of hydrogen-bond acceptors (Lipinski definition) is 6. The highest BCUT2D eigenvalue weighted by Gasteiger charge is 2.11. The molecule has 7 heteroatoms. The molecule has 2 aromatic rings. The fourth-order valence-electron chi connectivity index (χ4n) is 2.04. The molecule has 0 aliphatic rings. The molecule has 0 amide bonds. The molecule has 1 aromatic heterocycles. The van der Waals surface area contributed by atoms with Crippen molar-refractivity contribution in [1.29, 1.82) is 5.26 Å². The van der Waals surface area contributed by atoms with Crippen molar-refractivity contribution in [1.82, 2.24) is 9.55 Å². The first-order valence-corrected chi connectivity index (χ1v) is 7.03. The van der Waals surface area contributed by atoms with Gasteiger partial charge < -0.3 is 18.8 Å². The van der Waals surface area contributed by atoms with E-state index in [-0.39, 0.29) is 5.69 Å². The normalized spacial score (nSPS) is 10.5. The van der Waals surface area contributed by atoms with Crippen LogP contribution in [-0.4, -0.2) is 36.8 Å². The van der Waals surface area contributed by atoms with Gasteiger partial charge in [0, 0.05) is 0 Å². The van der Waals surface area contributed by atoms with Gasteiger partial charge in [0.15, 0.2) is 29.4 Å². The summed E-state index contributed by atoms with van der Waals surface area (Å²) in [5, 5.41) is 9.13. The van der Waals surface area contributed by atoms with Crippen LogP contribution in [0.4, 0.5) is 5.82 Å². The molecule has 0 radical (unpaired) electrons. The molecule has 0 fully saturated rings.